The van der Waals surface area contributed by atoms with E-state index in [9.17, 15) is 9.59 Å². The number of hydrogen-bond donors (Lipinski definition) is 2. The lowest BCUT2D eigenvalue weighted by molar-refractivity contribution is -0.125. The Morgan fingerprint density at radius 1 is 1.12 bits per heavy atom. The number of nitrogens with one attached hydrogen (secondary N) is 2. The van der Waals surface area contributed by atoms with Crippen LogP contribution in [0.3, 0.4) is 0 Å². The molecule has 136 valence electrons. The van der Waals surface area contributed by atoms with E-state index in [0.29, 0.717) is 22.7 Å². The van der Waals surface area contributed by atoms with Gasteiger partial charge in [0.1, 0.15) is 6.61 Å². The molecule has 1 heterocycles. The highest BCUT2D eigenvalue weighted by atomic mass is 16.6. The van der Waals surface area contributed by atoms with Crippen LogP contribution in [0.15, 0.2) is 48.5 Å². The molecule has 26 heavy (non-hydrogen) atoms. The average molecular weight is 354 g/mol. The number of anilines is 1. The smallest absolute Gasteiger partial charge is 0.269 e. The predicted molar refractivity (Wildman–Crippen MR) is 98.6 cm³/mol. The molecule has 6 nitrogen and oxygen atoms in total. The first kappa shape index (κ1) is 17.8. The van der Waals surface area contributed by atoms with Crippen molar-refractivity contribution in [2.45, 2.75) is 32.4 Å². The predicted octanol–water partition coefficient (Wildman–Crippen LogP) is 2.99. The Kier molecular flexibility index (Phi) is 5.41. The monoisotopic (exact) mass is 354 g/mol. The molecule has 0 spiro atoms. The van der Waals surface area contributed by atoms with Gasteiger partial charge < -0.3 is 20.1 Å². The maximum absolute atomic E-state index is 12.4. The summed E-state index contributed by atoms with van der Waals surface area (Å²) in [5.41, 5.74) is 1.15. The van der Waals surface area contributed by atoms with E-state index < -0.39 is 6.10 Å². The number of rotatable bonds is 5. The Morgan fingerprint density at radius 2 is 1.81 bits per heavy atom. The quantitative estimate of drug-likeness (QED) is 0.865. The minimum Gasteiger partial charge on any atom is -0.485 e. The maximum atomic E-state index is 12.4. The molecule has 0 saturated carbocycles. The van der Waals surface area contributed by atoms with Crippen LogP contribution in [0.5, 0.6) is 11.5 Å². The average Bonchev–Trinajstić information content (AvgIpc) is 2.67. The lowest BCUT2D eigenvalue weighted by Crippen LogP contribution is -2.40. The van der Waals surface area contributed by atoms with E-state index in [4.69, 9.17) is 9.47 Å². The molecule has 1 aliphatic heterocycles. The fourth-order valence-corrected chi connectivity index (χ4v) is 2.49. The number of para-hydroxylation sites is 2. The molecule has 2 atom stereocenters. The molecule has 0 fully saturated rings. The summed E-state index contributed by atoms with van der Waals surface area (Å²) in [7, 11) is 0. The van der Waals surface area contributed by atoms with Crippen molar-refractivity contribution in [3.05, 3.63) is 54.1 Å². The molecule has 0 bridgehead atoms. The minimum absolute atomic E-state index is 0.119. The molecule has 0 saturated heterocycles. The Hall–Kier alpha value is -3.02. The number of fused-ring (bicyclic) bond motifs is 1. The van der Waals surface area contributed by atoms with E-state index >= 15 is 0 Å². The highest BCUT2D eigenvalue weighted by Gasteiger charge is 2.27. The Balaban J connectivity index is 1.59. The Morgan fingerprint density at radius 3 is 2.50 bits per heavy atom. The molecule has 6 heteroatoms. The van der Waals surface area contributed by atoms with E-state index in [1.807, 2.05) is 26.0 Å². The number of hydrogen-bond acceptors (Lipinski definition) is 4. The fourth-order valence-electron chi connectivity index (χ4n) is 2.49. The topological polar surface area (TPSA) is 76.7 Å². The molecule has 2 amide bonds. The molecule has 0 aliphatic carbocycles. The molecule has 0 unspecified atom stereocenters. The van der Waals surface area contributed by atoms with Crippen LogP contribution < -0.4 is 20.1 Å². The van der Waals surface area contributed by atoms with Crippen molar-refractivity contribution in [1.29, 1.82) is 0 Å². The summed E-state index contributed by atoms with van der Waals surface area (Å²) in [5, 5.41) is 5.69. The molecule has 0 radical (unpaired) electrons. The van der Waals surface area contributed by atoms with Crippen LogP contribution >= 0.6 is 0 Å². The van der Waals surface area contributed by atoms with Gasteiger partial charge in [-0.2, -0.15) is 0 Å². The molecule has 3 rings (SSSR count). The summed E-state index contributed by atoms with van der Waals surface area (Å²) in [4.78, 5) is 24.5. The second-order valence-corrected chi connectivity index (χ2v) is 6.21. The van der Waals surface area contributed by atoms with E-state index in [1.165, 1.54) is 0 Å². The Bertz CT molecular complexity index is 789. The van der Waals surface area contributed by atoms with Crippen LogP contribution in [0.1, 0.15) is 30.6 Å². The van der Waals surface area contributed by atoms with E-state index in [0.717, 1.165) is 6.42 Å². The SMILES string of the molecule is CC[C@@H](C)NC(=O)c1ccc(NC(=O)[C@H]2COc3ccccc3O2)cc1. The van der Waals surface area contributed by atoms with Crippen molar-refractivity contribution in [3.8, 4) is 11.5 Å². The van der Waals surface area contributed by atoms with Gasteiger partial charge in [-0.1, -0.05) is 19.1 Å². The third-order valence-electron chi connectivity index (χ3n) is 4.21. The molecular weight excluding hydrogens is 332 g/mol. The van der Waals surface area contributed by atoms with Gasteiger partial charge in [0.2, 0.25) is 6.10 Å². The third-order valence-corrected chi connectivity index (χ3v) is 4.21. The van der Waals surface area contributed by atoms with Gasteiger partial charge in [0.05, 0.1) is 0 Å². The van der Waals surface area contributed by atoms with Crippen molar-refractivity contribution in [2.75, 3.05) is 11.9 Å². The Labute approximate surface area is 152 Å². The molecule has 2 aromatic carbocycles. The van der Waals surface area contributed by atoms with Gasteiger partial charge in [-0.3, -0.25) is 9.59 Å². The second-order valence-electron chi connectivity index (χ2n) is 6.21. The van der Waals surface area contributed by atoms with Gasteiger partial charge in [-0.25, -0.2) is 0 Å². The lowest BCUT2D eigenvalue weighted by atomic mass is 10.1. The van der Waals surface area contributed by atoms with Gasteiger partial charge in [-0.15, -0.1) is 0 Å². The number of carbonyl (C=O) groups excluding carboxylic acids is 2. The van der Waals surface area contributed by atoms with Gasteiger partial charge >= 0.3 is 0 Å². The van der Waals surface area contributed by atoms with Crippen LogP contribution in [0.25, 0.3) is 0 Å². The van der Waals surface area contributed by atoms with Crippen molar-refractivity contribution < 1.29 is 19.1 Å². The van der Waals surface area contributed by atoms with Crippen LogP contribution in [0, 0.1) is 0 Å². The van der Waals surface area contributed by atoms with Crippen LogP contribution in [-0.4, -0.2) is 30.6 Å². The summed E-state index contributed by atoms with van der Waals surface area (Å²) in [6, 6.07) is 14.1. The third kappa shape index (κ3) is 4.14. The number of ether oxygens (including phenoxy) is 2. The van der Waals surface area contributed by atoms with Crippen LogP contribution in [-0.2, 0) is 4.79 Å². The molecule has 0 aromatic heterocycles. The number of benzene rings is 2. The number of carbonyl (C=O) groups is 2. The standard InChI is InChI=1S/C20H22N2O4/c1-3-13(2)21-19(23)14-8-10-15(11-9-14)22-20(24)18-12-25-16-6-4-5-7-17(16)26-18/h4-11,13,18H,3,12H2,1-2H3,(H,21,23)(H,22,24)/t13-,18-/m1/s1. The van der Waals surface area contributed by atoms with Crippen molar-refractivity contribution in [1.82, 2.24) is 5.32 Å². The van der Waals surface area contributed by atoms with Gasteiger partial charge in [0.25, 0.3) is 11.8 Å². The first-order valence-electron chi connectivity index (χ1n) is 8.67. The van der Waals surface area contributed by atoms with Gasteiger partial charge in [-0.05, 0) is 49.7 Å². The van der Waals surface area contributed by atoms with E-state index in [-0.39, 0.29) is 24.5 Å². The second kappa shape index (κ2) is 7.91. The summed E-state index contributed by atoms with van der Waals surface area (Å²) in [5.74, 6) is 0.762. The zero-order valence-corrected chi connectivity index (χ0v) is 14.8. The lowest BCUT2D eigenvalue weighted by Gasteiger charge is -2.25. The normalized spacial score (nSPS) is 16.5. The summed E-state index contributed by atoms with van der Waals surface area (Å²) < 4.78 is 11.2. The highest BCUT2D eigenvalue weighted by molar-refractivity contribution is 5.97. The first-order chi connectivity index (χ1) is 12.6. The molecule has 1 aliphatic rings. The first-order valence-corrected chi connectivity index (χ1v) is 8.67. The van der Waals surface area contributed by atoms with Crippen molar-refractivity contribution >= 4 is 17.5 Å². The molecule has 2 N–H and O–H groups in total. The number of amides is 2. The maximum Gasteiger partial charge on any atom is 0.269 e. The highest BCUT2D eigenvalue weighted by Crippen LogP contribution is 2.31. The largest absolute Gasteiger partial charge is 0.485 e. The molecule has 2 aromatic rings. The molecular formula is C20H22N2O4. The van der Waals surface area contributed by atoms with Crippen molar-refractivity contribution in [2.24, 2.45) is 0 Å². The summed E-state index contributed by atoms with van der Waals surface area (Å²) >= 11 is 0. The zero-order valence-electron chi connectivity index (χ0n) is 14.8. The summed E-state index contributed by atoms with van der Waals surface area (Å²) in [6.45, 7) is 4.12. The van der Waals surface area contributed by atoms with Gasteiger partial charge in [0, 0.05) is 17.3 Å². The van der Waals surface area contributed by atoms with Crippen LogP contribution in [0.4, 0.5) is 5.69 Å². The van der Waals surface area contributed by atoms with E-state index in [1.54, 1.807) is 36.4 Å². The van der Waals surface area contributed by atoms with Crippen molar-refractivity contribution in [3.63, 3.8) is 0 Å². The fraction of sp³-hybridized carbons (Fsp3) is 0.300. The summed E-state index contributed by atoms with van der Waals surface area (Å²) in [6.07, 6.45) is 0.144. The van der Waals surface area contributed by atoms with Gasteiger partial charge in [0.15, 0.2) is 11.5 Å². The zero-order chi connectivity index (χ0) is 18.5. The minimum atomic E-state index is -0.724. The van der Waals surface area contributed by atoms with E-state index in [2.05, 4.69) is 10.6 Å². The van der Waals surface area contributed by atoms with Crippen LogP contribution in [0.2, 0.25) is 0 Å².